The second kappa shape index (κ2) is 4.95. The molecule has 0 aromatic heterocycles. The van der Waals surface area contributed by atoms with Gasteiger partial charge in [0.25, 0.3) is 0 Å². The van der Waals surface area contributed by atoms with E-state index in [1.807, 2.05) is 0 Å². The average Bonchev–Trinajstić information content (AvgIpc) is 1.98. The summed E-state index contributed by atoms with van der Waals surface area (Å²) in [5, 5.41) is 19.9. The fourth-order valence-electron chi connectivity index (χ4n) is 0.512. The molecule has 0 fully saturated rings. The Morgan fingerprint density at radius 1 is 1.50 bits per heavy atom. The van der Waals surface area contributed by atoms with Crippen molar-refractivity contribution in [3.05, 3.63) is 0 Å². The minimum atomic E-state index is -1.38. The Morgan fingerprint density at radius 2 is 2.00 bits per heavy atom. The maximum atomic E-state index is 10.9. The smallest absolute Gasteiger partial charge is 0.316 e. The number of hydrogen-bond donors (Lipinski definition) is 3. The maximum Gasteiger partial charge on any atom is 0.316 e. The van der Waals surface area contributed by atoms with Gasteiger partial charge in [-0.25, -0.2) is 4.79 Å². The van der Waals surface area contributed by atoms with Crippen molar-refractivity contribution in [2.45, 2.75) is 13.2 Å². The predicted octanol–water partition coefficient (Wildman–Crippen LogP) is -0.796. The molecule has 0 rings (SSSR count). The topological polar surface area (TPSA) is 72.8 Å². The third-order valence-corrected chi connectivity index (χ3v) is 1.49. The lowest BCUT2D eigenvalue weighted by molar-refractivity contribution is -0.0768. The molecule has 1 atom stereocenters. The highest BCUT2D eigenvalue weighted by atomic mass is 16.5. The third-order valence-electron chi connectivity index (χ3n) is 1.49. The average molecular weight is 176 g/mol. The molecule has 0 radical (unpaired) electrons. The molecule has 0 aliphatic rings. The van der Waals surface area contributed by atoms with Crippen molar-refractivity contribution in [3.63, 3.8) is 0 Å². The summed E-state index contributed by atoms with van der Waals surface area (Å²) >= 11 is 0. The fraction of sp³-hybridized carbons (Fsp3) is 0.857. The van der Waals surface area contributed by atoms with Gasteiger partial charge in [-0.2, -0.15) is 0 Å². The molecule has 0 aromatic rings. The van der Waals surface area contributed by atoms with Crippen molar-refractivity contribution in [2.75, 3.05) is 20.6 Å². The number of urea groups is 1. The highest BCUT2D eigenvalue weighted by Gasteiger charge is 2.11. The molecular formula is C7H16N2O3. The van der Waals surface area contributed by atoms with E-state index in [1.165, 1.54) is 4.90 Å². The van der Waals surface area contributed by atoms with Crippen LogP contribution in [0.5, 0.6) is 0 Å². The van der Waals surface area contributed by atoms with Crippen molar-refractivity contribution in [1.29, 1.82) is 0 Å². The summed E-state index contributed by atoms with van der Waals surface area (Å²) in [5.74, 6) is -0.353. The van der Waals surface area contributed by atoms with E-state index in [9.17, 15) is 4.79 Å². The van der Waals surface area contributed by atoms with E-state index < -0.39 is 6.29 Å². The standard InChI is InChI=1S/C7H16N2O3/c1-5(6(10)11)4-8-7(12)9(2)3/h5-6,10-11H,4H2,1-3H3,(H,8,12). The Morgan fingerprint density at radius 3 is 2.33 bits per heavy atom. The van der Waals surface area contributed by atoms with E-state index in [0.29, 0.717) is 0 Å². The summed E-state index contributed by atoms with van der Waals surface area (Å²) in [6, 6.07) is -0.234. The van der Waals surface area contributed by atoms with Crippen LogP contribution >= 0.6 is 0 Å². The Hall–Kier alpha value is -0.810. The Bertz CT molecular complexity index is 148. The summed E-state index contributed by atoms with van der Waals surface area (Å²) in [4.78, 5) is 12.3. The van der Waals surface area contributed by atoms with Crippen LogP contribution in [0.25, 0.3) is 0 Å². The molecule has 0 aromatic carbocycles. The van der Waals surface area contributed by atoms with E-state index in [0.717, 1.165) is 0 Å². The molecule has 3 N–H and O–H groups in total. The van der Waals surface area contributed by atoms with Gasteiger partial charge < -0.3 is 20.4 Å². The van der Waals surface area contributed by atoms with Gasteiger partial charge in [-0.15, -0.1) is 0 Å². The summed E-state index contributed by atoms with van der Waals surface area (Å²) in [6.07, 6.45) is -1.38. The van der Waals surface area contributed by atoms with Gasteiger partial charge in [0.2, 0.25) is 0 Å². The van der Waals surface area contributed by atoms with Gasteiger partial charge in [0.15, 0.2) is 6.29 Å². The number of amides is 2. The molecular weight excluding hydrogens is 160 g/mol. The van der Waals surface area contributed by atoms with Crippen molar-refractivity contribution >= 4 is 6.03 Å². The molecule has 0 aliphatic carbocycles. The van der Waals surface area contributed by atoms with Gasteiger partial charge in [0.05, 0.1) is 0 Å². The van der Waals surface area contributed by atoms with Crippen LogP contribution in [0.3, 0.4) is 0 Å². The molecule has 72 valence electrons. The minimum Gasteiger partial charge on any atom is -0.368 e. The number of carbonyl (C=O) groups excluding carboxylic acids is 1. The van der Waals surface area contributed by atoms with Gasteiger partial charge in [-0.05, 0) is 0 Å². The molecule has 5 heteroatoms. The second-order valence-electron chi connectivity index (χ2n) is 2.97. The van der Waals surface area contributed by atoms with Gasteiger partial charge in [0, 0.05) is 26.6 Å². The number of aliphatic hydroxyl groups excluding tert-OH is 1. The van der Waals surface area contributed by atoms with Crippen molar-refractivity contribution in [2.24, 2.45) is 5.92 Å². The van der Waals surface area contributed by atoms with Gasteiger partial charge >= 0.3 is 6.03 Å². The van der Waals surface area contributed by atoms with Crippen molar-refractivity contribution in [1.82, 2.24) is 10.2 Å². The number of nitrogens with one attached hydrogen (secondary N) is 1. The monoisotopic (exact) mass is 176 g/mol. The lowest BCUT2D eigenvalue weighted by atomic mass is 10.2. The Kier molecular flexibility index (Phi) is 4.61. The van der Waals surface area contributed by atoms with E-state index in [-0.39, 0.29) is 18.5 Å². The molecule has 0 bridgehead atoms. The minimum absolute atomic E-state index is 0.234. The van der Waals surface area contributed by atoms with Crippen LogP contribution in [0.1, 0.15) is 6.92 Å². The zero-order chi connectivity index (χ0) is 9.72. The normalized spacial score (nSPS) is 12.8. The zero-order valence-corrected chi connectivity index (χ0v) is 7.61. The van der Waals surface area contributed by atoms with E-state index >= 15 is 0 Å². The lowest BCUT2D eigenvalue weighted by Crippen LogP contribution is -2.39. The van der Waals surface area contributed by atoms with Crippen molar-refractivity contribution in [3.8, 4) is 0 Å². The van der Waals surface area contributed by atoms with Crippen LogP contribution in [0, 0.1) is 5.92 Å². The third kappa shape index (κ3) is 4.15. The van der Waals surface area contributed by atoms with Gasteiger partial charge in [-0.3, -0.25) is 0 Å². The summed E-state index contributed by atoms with van der Waals surface area (Å²) in [6.45, 7) is 1.90. The van der Waals surface area contributed by atoms with E-state index in [4.69, 9.17) is 10.2 Å². The number of aliphatic hydroxyl groups is 2. The summed E-state index contributed by atoms with van der Waals surface area (Å²) < 4.78 is 0. The number of hydrogen-bond acceptors (Lipinski definition) is 3. The molecule has 5 nitrogen and oxygen atoms in total. The van der Waals surface area contributed by atoms with Crippen LogP contribution in [0.2, 0.25) is 0 Å². The fourth-order valence-corrected chi connectivity index (χ4v) is 0.512. The first-order valence-corrected chi connectivity index (χ1v) is 3.76. The predicted molar refractivity (Wildman–Crippen MR) is 44.5 cm³/mol. The molecule has 0 spiro atoms. The summed E-state index contributed by atoms with van der Waals surface area (Å²) in [5.41, 5.74) is 0. The van der Waals surface area contributed by atoms with Crippen LogP contribution < -0.4 is 5.32 Å². The lowest BCUT2D eigenvalue weighted by Gasteiger charge is -2.16. The first kappa shape index (κ1) is 11.2. The Labute approximate surface area is 72.0 Å². The summed E-state index contributed by atoms with van der Waals surface area (Å²) in [7, 11) is 3.24. The SMILES string of the molecule is CC(CNC(=O)N(C)C)C(O)O. The molecule has 12 heavy (non-hydrogen) atoms. The van der Waals surface area contributed by atoms with Crippen molar-refractivity contribution < 1.29 is 15.0 Å². The molecule has 2 amide bonds. The molecule has 0 saturated carbocycles. The number of nitrogens with zero attached hydrogens (tertiary/aromatic N) is 1. The van der Waals surface area contributed by atoms with Crippen LogP contribution in [0.4, 0.5) is 4.79 Å². The van der Waals surface area contributed by atoms with Crippen LogP contribution in [0.15, 0.2) is 0 Å². The highest BCUT2D eigenvalue weighted by Crippen LogP contribution is 1.96. The zero-order valence-electron chi connectivity index (χ0n) is 7.61. The molecule has 0 saturated heterocycles. The maximum absolute atomic E-state index is 10.9. The molecule has 0 aliphatic heterocycles. The molecule has 1 unspecified atom stereocenters. The number of rotatable bonds is 3. The first-order valence-electron chi connectivity index (χ1n) is 3.76. The van der Waals surface area contributed by atoms with Gasteiger partial charge in [-0.1, -0.05) is 6.92 Å². The first-order chi connectivity index (χ1) is 5.45. The second-order valence-corrected chi connectivity index (χ2v) is 2.97. The van der Waals surface area contributed by atoms with Gasteiger partial charge in [0.1, 0.15) is 0 Å². The van der Waals surface area contributed by atoms with Crippen LogP contribution in [-0.4, -0.2) is 48.1 Å². The van der Waals surface area contributed by atoms with E-state index in [1.54, 1.807) is 21.0 Å². The molecule has 0 heterocycles. The highest BCUT2D eigenvalue weighted by molar-refractivity contribution is 5.73. The van der Waals surface area contributed by atoms with Crippen LogP contribution in [-0.2, 0) is 0 Å². The quantitative estimate of drug-likeness (QED) is 0.493. The van der Waals surface area contributed by atoms with E-state index in [2.05, 4.69) is 5.32 Å². The largest absolute Gasteiger partial charge is 0.368 e. The number of carbonyl (C=O) groups is 1. The Balaban J connectivity index is 3.61.